The average Bonchev–Trinajstić information content (AvgIpc) is 2.63. The van der Waals surface area contributed by atoms with Crippen LogP contribution in [0.25, 0.3) is 0 Å². The summed E-state index contributed by atoms with van der Waals surface area (Å²) in [5.41, 5.74) is 0.942. The van der Waals surface area contributed by atoms with E-state index in [4.69, 9.17) is 0 Å². The molecule has 3 rings (SSSR count). The number of hydrogen-bond acceptors (Lipinski definition) is 2. The minimum Gasteiger partial charge on any atom is -0.329 e. The van der Waals surface area contributed by atoms with E-state index in [1.54, 1.807) is 48.7 Å². The second kappa shape index (κ2) is 8.08. The molecule has 1 atom stereocenters. The highest BCUT2D eigenvalue weighted by Crippen LogP contribution is 2.41. The van der Waals surface area contributed by atoms with Gasteiger partial charge < -0.3 is 4.98 Å². The summed E-state index contributed by atoms with van der Waals surface area (Å²) in [7, 11) is 0. The summed E-state index contributed by atoms with van der Waals surface area (Å²) >= 11 is 0. The minimum atomic E-state index is -4.23. The van der Waals surface area contributed by atoms with Crippen LogP contribution in [0.3, 0.4) is 0 Å². The van der Waals surface area contributed by atoms with Crippen molar-refractivity contribution in [2.75, 3.05) is 13.1 Å². The van der Waals surface area contributed by atoms with Crippen LogP contribution in [-0.4, -0.2) is 29.1 Å². The predicted octanol–water partition coefficient (Wildman–Crippen LogP) is 4.32. The van der Waals surface area contributed by atoms with E-state index in [1.165, 1.54) is 0 Å². The summed E-state index contributed by atoms with van der Waals surface area (Å²) in [6.45, 7) is 1.99. The number of piperidine rings is 1. The quantitative estimate of drug-likeness (QED) is 0.858. The van der Waals surface area contributed by atoms with Crippen molar-refractivity contribution in [2.24, 2.45) is 5.92 Å². The van der Waals surface area contributed by atoms with Gasteiger partial charge in [-0.05, 0) is 49.9 Å². The number of alkyl halides is 3. The van der Waals surface area contributed by atoms with E-state index in [2.05, 4.69) is 9.88 Å². The van der Waals surface area contributed by atoms with Gasteiger partial charge in [0.05, 0.1) is 5.92 Å². The molecule has 2 aromatic rings. The van der Waals surface area contributed by atoms with E-state index in [0.717, 1.165) is 25.9 Å². The Morgan fingerprint density at radius 1 is 1.08 bits per heavy atom. The molecule has 0 saturated carbocycles. The van der Waals surface area contributed by atoms with E-state index >= 15 is 0 Å². The molecule has 1 aliphatic rings. The van der Waals surface area contributed by atoms with Gasteiger partial charge in [-0.2, -0.15) is 13.2 Å². The zero-order chi connectivity index (χ0) is 18.6. The Kier molecular flexibility index (Phi) is 5.81. The first-order valence-corrected chi connectivity index (χ1v) is 8.94. The van der Waals surface area contributed by atoms with Crippen LogP contribution < -0.4 is 5.56 Å². The predicted molar refractivity (Wildman–Crippen MR) is 94.9 cm³/mol. The highest BCUT2D eigenvalue weighted by atomic mass is 19.4. The van der Waals surface area contributed by atoms with E-state index in [-0.39, 0.29) is 17.9 Å². The van der Waals surface area contributed by atoms with Crippen molar-refractivity contribution in [1.29, 1.82) is 0 Å². The number of rotatable bonds is 5. The molecule has 3 nitrogen and oxygen atoms in total. The van der Waals surface area contributed by atoms with Crippen molar-refractivity contribution in [3.63, 3.8) is 0 Å². The van der Waals surface area contributed by atoms with Crippen LogP contribution in [0.1, 0.15) is 36.3 Å². The highest BCUT2D eigenvalue weighted by molar-refractivity contribution is 5.21. The van der Waals surface area contributed by atoms with Gasteiger partial charge in [-0.1, -0.05) is 36.4 Å². The maximum atomic E-state index is 13.5. The number of pyridine rings is 1. The van der Waals surface area contributed by atoms with Crippen LogP contribution >= 0.6 is 0 Å². The van der Waals surface area contributed by atoms with Gasteiger partial charge in [0.15, 0.2) is 0 Å². The second-order valence-corrected chi connectivity index (χ2v) is 6.98. The molecule has 0 radical (unpaired) electrons. The molecule has 1 N–H and O–H groups in total. The molecular weight excluding hydrogens is 341 g/mol. The molecule has 140 valence electrons. The highest BCUT2D eigenvalue weighted by Gasteiger charge is 2.42. The first-order chi connectivity index (χ1) is 12.4. The van der Waals surface area contributed by atoms with Crippen LogP contribution in [0.2, 0.25) is 0 Å². The maximum absolute atomic E-state index is 13.5. The number of aromatic nitrogens is 1. The van der Waals surface area contributed by atoms with E-state index in [9.17, 15) is 18.0 Å². The molecule has 0 amide bonds. The van der Waals surface area contributed by atoms with Crippen molar-refractivity contribution in [2.45, 2.75) is 37.9 Å². The smallest absolute Gasteiger partial charge is 0.329 e. The monoisotopic (exact) mass is 364 g/mol. The molecule has 1 aromatic heterocycles. The largest absolute Gasteiger partial charge is 0.395 e. The van der Waals surface area contributed by atoms with Crippen molar-refractivity contribution >= 4 is 0 Å². The topological polar surface area (TPSA) is 36.1 Å². The minimum absolute atomic E-state index is 0.0483. The van der Waals surface area contributed by atoms with E-state index < -0.39 is 12.1 Å². The third-order valence-electron chi connectivity index (χ3n) is 5.17. The molecule has 1 saturated heterocycles. The number of hydrogen-bond donors (Lipinski definition) is 1. The Balaban J connectivity index is 1.59. The molecule has 0 aliphatic carbocycles. The van der Waals surface area contributed by atoms with Gasteiger partial charge in [-0.25, -0.2) is 0 Å². The Labute approximate surface area is 150 Å². The normalized spacial score (nSPS) is 18.0. The van der Waals surface area contributed by atoms with Crippen molar-refractivity contribution < 1.29 is 13.2 Å². The van der Waals surface area contributed by atoms with Gasteiger partial charge in [-0.15, -0.1) is 0 Å². The first kappa shape index (κ1) is 18.7. The zero-order valence-electron chi connectivity index (χ0n) is 14.5. The lowest BCUT2D eigenvalue weighted by atomic mass is 9.83. The second-order valence-electron chi connectivity index (χ2n) is 6.98. The summed E-state index contributed by atoms with van der Waals surface area (Å²) in [5, 5.41) is 0. The van der Waals surface area contributed by atoms with E-state index in [1.807, 2.05) is 0 Å². The first-order valence-electron chi connectivity index (χ1n) is 8.94. The number of halogens is 3. The van der Waals surface area contributed by atoms with Crippen molar-refractivity contribution in [3.8, 4) is 0 Å². The van der Waals surface area contributed by atoms with Crippen LogP contribution in [0, 0.1) is 5.92 Å². The number of nitrogens with one attached hydrogen (secondary N) is 1. The summed E-state index contributed by atoms with van der Waals surface area (Å²) in [6, 6.07) is 11.8. The summed E-state index contributed by atoms with van der Waals surface area (Å²) < 4.78 is 40.6. The van der Waals surface area contributed by atoms with Gasteiger partial charge in [0.1, 0.15) is 0 Å². The molecule has 6 heteroatoms. The van der Waals surface area contributed by atoms with Crippen LogP contribution in [-0.2, 0) is 6.54 Å². The Morgan fingerprint density at radius 2 is 1.77 bits per heavy atom. The fraction of sp³-hybridized carbons (Fsp3) is 0.450. The van der Waals surface area contributed by atoms with Gasteiger partial charge in [-0.3, -0.25) is 9.69 Å². The Morgan fingerprint density at radius 3 is 2.38 bits per heavy atom. The Bertz CT molecular complexity index is 749. The summed E-state index contributed by atoms with van der Waals surface area (Å²) in [5.74, 6) is -1.36. The molecule has 26 heavy (non-hydrogen) atoms. The number of H-pyrrole nitrogens is 1. The number of aromatic amines is 1. The molecule has 2 heterocycles. The van der Waals surface area contributed by atoms with Gasteiger partial charge in [0.2, 0.25) is 0 Å². The fourth-order valence-corrected chi connectivity index (χ4v) is 3.68. The van der Waals surface area contributed by atoms with Crippen LogP contribution in [0.4, 0.5) is 13.2 Å². The van der Waals surface area contributed by atoms with Gasteiger partial charge >= 0.3 is 6.18 Å². The number of nitrogens with zero attached hydrogens (tertiary/aromatic N) is 1. The lowest BCUT2D eigenvalue weighted by Crippen LogP contribution is -2.36. The molecule has 0 spiro atoms. The van der Waals surface area contributed by atoms with Crippen LogP contribution in [0.5, 0.6) is 0 Å². The molecule has 1 fully saturated rings. The molecule has 1 aromatic carbocycles. The zero-order valence-corrected chi connectivity index (χ0v) is 14.5. The SMILES string of the molecule is O=c1[nH]cccc1CN1CCC(CC(c2ccccc2)C(F)(F)F)CC1. The molecule has 1 unspecified atom stereocenters. The molecule has 1 aliphatic heterocycles. The summed E-state index contributed by atoms with van der Waals surface area (Å²) in [6.07, 6.45) is -1.05. The van der Waals surface area contributed by atoms with Gasteiger partial charge in [0, 0.05) is 18.3 Å². The Hall–Kier alpha value is -2.08. The van der Waals surface area contributed by atoms with Gasteiger partial charge in [0.25, 0.3) is 5.56 Å². The lowest BCUT2D eigenvalue weighted by Gasteiger charge is -2.34. The fourth-order valence-electron chi connectivity index (χ4n) is 3.68. The maximum Gasteiger partial charge on any atom is 0.395 e. The average molecular weight is 364 g/mol. The third kappa shape index (κ3) is 4.75. The molecule has 0 bridgehead atoms. The number of likely N-dealkylation sites (tertiary alicyclic amines) is 1. The number of benzene rings is 1. The standard InChI is InChI=1S/C20H23F3N2O/c21-20(22,23)18(16-5-2-1-3-6-16)13-15-8-11-25(12-9-15)14-17-7-4-10-24-19(17)26/h1-7,10,15,18H,8-9,11-14H2,(H,24,26). The van der Waals surface area contributed by atoms with Crippen molar-refractivity contribution in [1.82, 2.24) is 9.88 Å². The third-order valence-corrected chi connectivity index (χ3v) is 5.17. The van der Waals surface area contributed by atoms with Crippen LogP contribution in [0.15, 0.2) is 53.5 Å². The van der Waals surface area contributed by atoms with E-state index in [0.29, 0.717) is 17.7 Å². The van der Waals surface area contributed by atoms with Crippen molar-refractivity contribution in [3.05, 3.63) is 70.1 Å². The molecular formula is C20H23F3N2O. The lowest BCUT2D eigenvalue weighted by molar-refractivity contribution is -0.155. The summed E-state index contributed by atoms with van der Waals surface area (Å²) in [4.78, 5) is 16.6.